The van der Waals surface area contributed by atoms with Crippen LogP contribution in [0.5, 0.6) is 23.0 Å². The molecule has 0 bridgehead atoms. The molecule has 0 radical (unpaired) electrons. The molecule has 0 atom stereocenters. The van der Waals surface area contributed by atoms with Gasteiger partial charge in [0.1, 0.15) is 11.5 Å². The van der Waals surface area contributed by atoms with Gasteiger partial charge in [0.25, 0.3) is 11.8 Å². The van der Waals surface area contributed by atoms with Gasteiger partial charge in [-0.05, 0) is 24.3 Å². The molecule has 2 amide bonds. The van der Waals surface area contributed by atoms with Gasteiger partial charge in [-0.1, -0.05) is 12.1 Å². The molecule has 0 aliphatic carbocycles. The molecule has 0 aliphatic heterocycles. The monoisotopic (exact) mass is 386 g/mol. The fraction of sp³-hybridized carbons (Fsp3) is 0.200. The number of rotatable bonds is 7. The highest BCUT2D eigenvalue weighted by atomic mass is 16.5. The number of carbonyl (C=O) groups excluding carboxylic acids is 2. The van der Waals surface area contributed by atoms with Crippen molar-refractivity contribution in [2.75, 3.05) is 28.4 Å². The third kappa shape index (κ3) is 5.16. The lowest BCUT2D eigenvalue weighted by atomic mass is 10.1. The first-order valence-electron chi connectivity index (χ1n) is 8.24. The van der Waals surface area contributed by atoms with Gasteiger partial charge < -0.3 is 18.9 Å². The molecule has 2 aromatic carbocycles. The van der Waals surface area contributed by atoms with Crippen LogP contribution in [-0.4, -0.2) is 40.3 Å². The van der Waals surface area contributed by atoms with Crippen LogP contribution in [0.15, 0.2) is 42.5 Å². The summed E-state index contributed by atoms with van der Waals surface area (Å²) in [4.78, 5) is 24.3. The molecule has 0 saturated heterocycles. The summed E-state index contributed by atoms with van der Waals surface area (Å²) < 4.78 is 20.8. The Morgan fingerprint density at radius 3 is 2.11 bits per heavy atom. The number of carbonyl (C=O) groups is 2. The van der Waals surface area contributed by atoms with Gasteiger partial charge in [0.15, 0.2) is 11.5 Å². The van der Waals surface area contributed by atoms with E-state index in [1.54, 1.807) is 30.3 Å². The molecule has 0 fully saturated rings. The number of benzene rings is 2. The molecule has 0 heterocycles. The lowest BCUT2D eigenvalue weighted by Crippen LogP contribution is -2.40. The number of para-hydroxylation sites is 1. The van der Waals surface area contributed by atoms with Crippen LogP contribution in [0.2, 0.25) is 0 Å². The van der Waals surface area contributed by atoms with Crippen LogP contribution in [0.25, 0.3) is 6.08 Å². The Hall–Kier alpha value is -3.68. The predicted molar refractivity (Wildman–Crippen MR) is 104 cm³/mol. The largest absolute Gasteiger partial charge is 0.497 e. The molecule has 28 heavy (non-hydrogen) atoms. The minimum absolute atomic E-state index is 0.273. The van der Waals surface area contributed by atoms with E-state index in [1.807, 2.05) is 0 Å². The summed E-state index contributed by atoms with van der Waals surface area (Å²) in [7, 11) is 6.00. The molecule has 0 saturated carbocycles. The van der Waals surface area contributed by atoms with E-state index in [9.17, 15) is 9.59 Å². The lowest BCUT2D eigenvalue weighted by Gasteiger charge is -2.10. The minimum atomic E-state index is -0.520. The second-order valence-corrected chi connectivity index (χ2v) is 5.46. The minimum Gasteiger partial charge on any atom is -0.497 e. The maximum absolute atomic E-state index is 12.2. The number of hydrogen-bond donors (Lipinski definition) is 2. The third-order valence-corrected chi connectivity index (χ3v) is 3.76. The molecule has 148 valence electrons. The van der Waals surface area contributed by atoms with E-state index in [2.05, 4.69) is 10.9 Å². The van der Waals surface area contributed by atoms with Gasteiger partial charge in [-0.15, -0.1) is 0 Å². The van der Waals surface area contributed by atoms with Crippen LogP contribution in [0.1, 0.15) is 15.9 Å². The molecular weight excluding hydrogens is 364 g/mol. The Bertz CT molecular complexity index is 857. The van der Waals surface area contributed by atoms with Crippen molar-refractivity contribution < 1.29 is 28.5 Å². The zero-order chi connectivity index (χ0) is 20.5. The molecule has 2 N–H and O–H groups in total. The average Bonchev–Trinajstić information content (AvgIpc) is 2.74. The van der Waals surface area contributed by atoms with Crippen LogP contribution in [0, 0.1) is 0 Å². The van der Waals surface area contributed by atoms with Crippen LogP contribution in [0.4, 0.5) is 0 Å². The van der Waals surface area contributed by atoms with E-state index in [1.165, 1.54) is 46.6 Å². The number of amides is 2. The van der Waals surface area contributed by atoms with E-state index in [-0.39, 0.29) is 5.56 Å². The summed E-state index contributed by atoms with van der Waals surface area (Å²) in [5, 5.41) is 0. The fourth-order valence-electron chi connectivity index (χ4n) is 2.38. The predicted octanol–water partition coefficient (Wildman–Crippen LogP) is 2.20. The number of hydrazine groups is 1. The van der Waals surface area contributed by atoms with E-state index in [0.29, 0.717) is 28.6 Å². The van der Waals surface area contributed by atoms with Gasteiger partial charge in [-0.2, -0.15) is 0 Å². The molecule has 2 aromatic rings. The van der Waals surface area contributed by atoms with Crippen LogP contribution >= 0.6 is 0 Å². The molecule has 0 unspecified atom stereocenters. The molecule has 0 aromatic heterocycles. The number of hydrogen-bond acceptors (Lipinski definition) is 6. The first-order valence-corrected chi connectivity index (χ1v) is 8.24. The molecule has 0 aliphatic rings. The van der Waals surface area contributed by atoms with Gasteiger partial charge in [0.05, 0.1) is 28.4 Å². The summed E-state index contributed by atoms with van der Waals surface area (Å²) >= 11 is 0. The zero-order valence-electron chi connectivity index (χ0n) is 16.1. The number of ether oxygens (including phenoxy) is 4. The number of methoxy groups -OCH3 is 4. The third-order valence-electron chi connectivity index (χ3n) is 3.76. The Morgan fingerprint density at radius 1 is 0.857 bits per heavy atom. The Labute approximate surface area is 163 Å². The van der Waals surface area contributed by atoms with Gasteiger partial charge in [0, 0.05) is 23.3 Å². The highest BCUT2D eigenvalue weighted by Gasteiger charge is 2.11. The van der Waals surface area contributed by atoms with E-state index in [0.717, 1.165) is 0 Å². The van der Waals surface area contributed by atoms with Crippen molar-refractivity contribution in [3.8, 4) is 23.0 Å². The zero-order valence-corrected chi connectivity index (χ0v) is 16.1. The van der Waals surface area contributed by atoms with Crippen molar-refractivity contribution >= 4 is 17.9 Å². The van der Waals surface area contributed by atoms with Gasteiger partial charge in [0.2, 0.25) is 0 Å². The van der Waals surface area contributed by atoms with Crippen molar-refractivity contribution in [1.29, 1.82) is 0 Å². The highest BCUT2D eigenvalue weighted by molar-refractivity contribution is 5.98. The number of nitrogens with one attached hydrogen (secondary N) is 2. The maximum Gasteiger partial charge on any atom is 0.269 e. The van der Waals surface area contributed by atoms with Crippen molar-refractivity contribution in [3.05, 3.63) is 53.6 Å². The van der Waals surface area contributed by atoms with E-state index < -0.39 is 11.8 Å². The summed E-state index contributed by atoms with van der Waals surface area (Å²) in [6.07, 6.45) is 2.82. The average molecular weight is 386 g/mol. The standard InChI is InChI=1S/C20H22N2O6/c1-25-15-10-14(11-16(12-15)26-2)20(24)22-21-18(23)9-8-13-6-5-7-17(27-3)19(13)28-4/h5-12H,1-4H3,(H,21,23)(H,22,24)/b9-8+. The first kappa shape index (κ1) is 20.6. The molecule has 8 heteroatoms. The smallest absolute Gasteiger partial charge is 0.269 e. The van der Waals surface area contributed by atoms with E-state index in [4.69, 9.17) is 18.9 Å². The van der Waals surface area contributed by atoms with Gasteiger partial charge in [-0.25, -0.2) is 0 Å². The second kappa shape index (κ2) is 9.86. The van der Waals surface area contributed by atoms with Crippen LogP contribution < -0.4 is 29.8 Å². The van der Waals surface area contributed by atoms with Crippen LogP contribution in [-0.2, 0) is 4.79 Å². The lowest BCUT2D eigenvalue weighted by molar-refractivity contribution is -0.117. The Morgan fingerprint density at radius 2 is 1.54 bits per heavy atom. The molecular formula is C20H22N2O6. The molecule has 2 rings (SSSR count). The Kier molecular flexibility index (Phi) is 7.27. The van der Waals surface area contributed by atoms with Gasteiger partial charge in [-0.3, -0.25) is 20.4 Å². The summed E-state index contributed by atoms with van der Waals surface area (Å²) in [6, 6.07) is 9.99. The van der Waals surface area contributed by atoms with E-state index >= 15 is 0 Å². The first-order chi connectivity index (χ1) is 13.5. The highest BCUT2D eigenvalue weighted by Crippen LogP contribution is 2.31. The van der Waals surface area contributed by atoms with Crippen molar-refractivity contribution in [2.24, 2.45) is 0 Å². The molecule has 0 spiro atoms. The second-order valence-electron chi connectivity index (χ2n) is 5.46. The fourth-order valence-corrected chi connectivity index (χ4v) is 2.38. The molecule has 8 nitrogen and oxygen atoms in total. The van der Waals surface area contributed by atoms with Crippen molar-refractivity contribution in [2.45, 2.75) is 0 Å². The SMILES string of the molecule is COc1cc(OC)cc(C(=O)NNC(=O)/C=C/c2cccc(OC)c2OC)c1. The quantitative estimate of drug-likeness (QED) is 0.560. The van der Waals surface area contributed by atoms with Crippen molar-refractivity contribution in [3.63, 3.8) is 0 Å². The van der Waals surface area contributed by atoms with Gasteiger partial charge >= 0.3 is 0 Å². The van der Waals surface area contributed by atoms with Crippen molar-refractivity contribution in [1.82, 2.24) is 10.9 Å². The summed E-state index contributed by atoms with van der Waals surface area (Å²) in [5.41, 5.74) is 5.57. The topological polar surface area (TPSA) is 95.1 Å². The Balaban J connectivity index is 2.03. The summed E-state index contributed by atoms with van der Waals surface area (Å²) in [6.45, 7) is 0. The van der Waals surface area contributed by atoms with Crippen LogP contribution in [0.3, 0.4) is 0 Å². The summed E-state index contributed by atoms with van der Waals surface area (Å²) in [5.74, 6) is 0.930. The normalized spacial score (nSPS) is 10.3. The maximum atomic E-state index is 12.2.